The van der Waals surface area contributed by atoms with Gasteiger partial charge in [0.1, 0.15) is 0 Å². The number of amides is 1. The molecule has 0 aliphatic rings. The van der Waals surface area contributed by atoms with E-state index in [2.05, 4.69) is 4.98 Å². The Bertz CT molecular complexity index is 1080. The first-order valence-electron chi connectivity index (χ1n) is 8.78. The summed E-state index contributed by atoms with van der Waals surface area (Å²) in [5, 5.41) is 12.1. The minimum Gasteiger partial charge on any atom is -0.308 e. The van der Waals surface area contributed by atoms with Crippen LogP contribution in [0.4, 0.5) is 10.8 Å². The van der Waals surface area contributed by atoms with E-state index in [0.29, 0.717) is 28.8 Å². The van der Waals surface area contributed by atoms with Gasteiger partial charge in [0.15, 0.2) is 5.13 Å². The van der Waals surface area contributed by atoms with Gasteiger partial charge < -0.3 is 4.90 Å². The summed E-state index contributed by atoms with van der Waals surface area (Å²) in [4.78, 5) is 31.5. The van der Waals surface area contributed by atoms with E-state index in [4.69, 9.17) is 11.6 Å². The molecule has 1 amide bonds. The van der Waals surface area contributed by atoms with Crippen LogP contribution in [0.25, 0.3) is 16.3 Å². The van der Waals surface area contributed by atoms with Crippen LogP contribution < -0.4 is 4.90 Å². The van der Waals surface area contributed by atoms with Crippen molar-refractivity contribution in [3.05, 3.63) is 69.2 Å². The number of anilines is 1. The Balaban J connectivity index is 0.00000320. The number of thiazole rings is 1. The molecule has 0 spiro atoms. The Morgan fingerprint density at radius 3 is 2.70 bits per heavy atom. The van der Waals surface area contributed by atoms with Crippen molar-refractivity contribution in [1.29, 1.82) is 0 Å². The SMILES string of the molecule is CN(C)CCN(C(=O)C=Cc1cccc([N+](=O)[O-])c1)c1nc2ccc(Cl)cc2s1.Cl. The number of nitrogens with zero attached hydrogens (tertiary/aromatic N) is 4. The van der Waals surface area contributed by atoms with Crippen LogP contribution in [-0.2, 0) is 4.79 Å². The summed E-state index contributed by atoms with van der Waals surface area (Å²) >= 11 is 7.45. The number of nitro benzene ring substituents is 1. The summed E-state index contributed by atoms with van der Waals surface area (Å²) in [6, 6.07) is 11.5. The second kappa shape index (κ2) is 10.5. The molecule has 0 fully saturated rings. The highest BCUT2D eigenvalue weighted by Gasteiger charge is 2.18. The summed E-state index contributed by atoms with van der Waals surface area (Å²) in [5.74, 6) is -0.247. The first kappa shape index (κ1) is 23.8. The van der Waals surface area contributed by atoms with Gasteiger partial charge in [0, 0.05) is 36.3 Å². The molecule has 0 aliphatic carbocycles. The second-order valence-corrected chi connectivity index (χ2v) is 8.03. The first-order valence-corrected chi connectivity index (χ1v) is 9.98. The van der Waals surface area contributed by atoms with Crippen LogP contribution in [0.2, 0.25) is 5.02 Å². The van der Waals surface area contributed by atoms with Crippen molar-refractivity contribution in [3.8, 4) is 0 Å². The molecule has 10 heteroatoms. The van der Waals surface area contributed by atoms with Crippen LogP contribution in [-0.4, -0.2) is 47.9 Å². The molecule has 1 aromatic heterocycles. The highest BCUT2D eigenvalue weighted by Crippen LogP contribution is 2.31. The number of fused-ring (bicyclic) bond motifs is 1. The van der Waals surface area contributed by atoms with E-state index < -0.39 is 4.92 Å². The number of aromatic nitrogens is 1. The maximum Gasteiger partial charge on any atom is 0.270 e. The van der Waals surface area contributed by atoms with Crippen LogP contribution in [0, 0.1) is 10.1 Å². The number of carbonyl (C=O) groups is 1. The van der Waals surface area contributed by atoms with E-state index in [1.165, 1.54) is 29.5 Å². The Labute approximate surface area is 189 Å². The molecule has 0 unspecified atom stereocenters. The normalized spacial score (nSPS) is 11.1. The van der Waals surface area contributed by atoms with Gasteiger partial charge in [0.05, 0.1) is 15.1 Å². The van der Waals surface area contributed by atoms with Crippen LogP contribution in [0.3, 0.4) is 0 Å². The van der Waals surface area contributed by atoms with Gasteiger partial charge in [-0.3, -0.25) is 19.8 Å². The van der Waals surface area contributed by atoms with Crippen molar-refractivity contribution in [3.63, 3.8) is 0 Å². The van der Waals surface area contributed by atoms with Crippen LogP contribution in [0.15, 0.2) is 48.5 Å². The minimum absolute atomic E-state index is 0. The average molecular weight is 467 g/mol. The number of likely N-dealkylation sites (N-methyl/N-ethyl adjacent to an activating group) is 1. The van der Waals surface area contributed by atoms with Gasteiger partial charge in [-0.25, -0.2) is 4.98 Å². The number of hydrogen-bond acceptors (Lipinski definition) is 6. The number of nitro groups is 1. The van der Waals surface area contributed by atoms with Crippen molar-refractivity contribution in [2.24, 2.45) is 0 Å². The molecule has 30 heavy (non-hydrogen) atoms. The largest absolute Gasteiger partial charge is 0.308 e. The molecule has 3 aromatic rings. The van der Waals surface area contributed by atoms with E-state index in [1.807, 2.05) is 31.1 Å². The molecule has 0 bridgehead atoms. The van der Waals surface area contributed by atoms with Crippen molar-refractivity contribution in [2.75, 3.05) is 32.1 Å². The third-order valence-corrected chi connectivity index (χ3v) is 5.38. The Kier molecular flexibility index (Phi) is 8.31. The fourth-order valence-electron chi connectivity index (χ4n) is 2.60. The molecule has 0 saturated carbocycles. The molecule has 7 nitrogen and oxygen atoms in total. The number of carbonyl (C=O) groups excluding carboxylic acids is 1. The van der Waals surface area contributed by atoms with Gasteiger partial charge in [-0.15, -0.1) is 12.4 Å². The molecule has 158 valence electrons. The monoisotopic (exact) mass is 466 g/mol. The lowest BCUT2D eigenvalue weighted by molar-refractivity contribution is -0.384. The first-order chi connectivity index (χ1) is 13.8. The number of non-ortho nitro benzene ring substituents is 1. The fourth-order valence-corrected chi connectivity index (χ4v) is 3.87. The van der Waals surface area contributed by atoms with Crippen molar-refractivity contribution >= 4 is 68.4 Å². The van der Waals surface area contributed by atoms with E-state index in [1.54, 1.807) is 29.2 Å². The topological polar surface area (TPSA) is 79.6 Å². The summed E-state index contributed by atoms with van der Waals surface area (Å²) < 4.78 is 0.901. The van der Waals surface area contributed by atoms with E-state index >= 15 is 0 Å². The van der Waals surface area contributed by atoms with Crippen LogP contribution in [0.1, 0.15) is 5.56 Å². The lowest BCUT2D eigenvalue weighted by atomic mass is 10.2. The van der Waals surface area contributed by atoms with Crippen molar-refractivity contribution in [1.82, 2.24) is 9.88 Å². The molecule has 0 saturated heterocycles. The highest BCUT2D eigenvalue weighted by molar-refractivity contribution is 7.22. The van der Waals surface area contributed by atoms with Gasteiger partial charge >= 0.3 is 0 Å². The second-order valence-electron chi connectivity index (χ2n) is 6.59. The van der Waals surface area contributed by atoms with E-state index in [0.717, 1.165) is 10.2 Å². The minimum atomic E-state index is -0.463. The molecular weight excluding hydrogens is 447 g/mol. The van der Waals surface area contributed by atoms with Gasteiger partial charge in [-0.1, -0.05) is 35.1 Å². The van der Waals surface area contributed by atoms with Gasteiger partial charge in [0.25, 0.3) is 11.6 Å². The summed E-state index contributed by atoms with van der Waals surface area (Å²) in [6.07, 6.45) is 2.98. The zero-order valence-electron chi connectivity index (χ0n) is 16.3. The molecular formula is C20H20Cl2N4O3S. The van der Waals surface area contributed by atoms with Gasteiger partial charge in [-0.05, 0) is 43.9 Å². The fraction of sp³-hybridized carbons (Fsp3) is 0.200. The van der Waals surface area contributed by atoms with Crippen molar-refractivity contribution in [2.45, 2.75) is 0 Å². The third kappa shape index (κ3) is 5.99. The molecule has 0 N–H and O–H groups in total. The quantitative estimate of drug-likeness (QED) is 0.281. The standard InChI is InChI=1S/C20H19ClN4O3S.ClH/c1-23(2)10-11-24(20-22-17-8-7-15(21)13-18(17)29-20)19(26)9-6-14-4-3-5-16(12-14)25(27)28;/h3-9,12-13H,10-11H2,1-2H3;1H. The zero-order chi connectivity index (χ0) is 21.0. The van der Waals surface area contributed by atoms with Crippen LogP contribution in [0.5, 0.6) is 0 Å². The van der Waals surface area contributed by atoms with Crippen molar-refractivity contribution < 1.29 is 9.72 Å². The Hall–Kier alpha value is -2.52. The Morgan fingerprint density at radius 2 is 2.00 bits per heavy atom. The number of halogens is 2. The Morgan fingerprint density at radius 1 is 1.23 bits per heavy atom. The predicted octanol–water partition coefficient (Wildman–Crippen LogP) is 4.89. The number of benzene rings is 2. The molecule has 2 aromatic carbocycles. The maximum atomic E-state index is 12.9. The van der Waals surface area contributed by atoms with Gasteiger partial charge in [0.2, 0.25) is 0 Å². The molecule has 3 rings (SSSR count). The van der Waals surface area contributed by atoms with Gasteiger partial charge in [-0.2, -0.15) is 0 Å². The molecule has 0 aliphatic heterocycles. The summed E-state index contributed by atoms with van der Waals surface area (Å²) in [7, 11) is 3.86. The predicted molar refractivity (Wildman–Crippen MR) is 125 cm³/mol. The lowest BCUT2D eigenvalue weighted by Gasteiger charge is -2.20. The van der Waals surface area contributed by atoms with E-state index in [9.17, 15) is 14.9 Å². The number of rotatable bonds is 7. The third-order valence-electron chi connectivity index (χ3n) is 4.11. The molecule has 0 radical (unpaired) electrons. The zero-order valence-corrected chi connectivity index (χ0v) is 18.7. The highest BCUT2D eigenvalue weighted by atomic mass is 35.5. The summed E-state index contributed by atoms with van der Waals surface area (Å²) in [5.41, 5.74) is 1.34. The van der Waals surface area contributed by atoms with E-state index in [-0.39, 0.29) is 24.0 Å². The molecule has 0 atom stereocenters. The number of hydrogen-bond donors (Lipinski definition) is 0. The lowest BCUT2D eigenvalue weighted by Crippen LogP contribution is -2.35. The average Bonchev–Trinajstić information content (AvgIpc) is 3.09. The van der Waals surface area contributed by atoms with Crippen LogP contribution >= 0.6 is 35.3 Å². The molecule has 1 heterocycles. The summed E-state index contributed by atoms with van der Waals surface area (Å²) in [6.45, 7) is 1.12. The maximum absolute atomic E-state index is 12.9. The smallest absolute Gasteiger partial charge is 0.270 e.